The Bertz CT molecular complexity index is 940. The Morgan fingerprint density at radius 3 is 2.58 bits per heavy atom. The van der Waals surface area contributed by atoms with Crippen LogP contribution in [0.3, 0.4) is 0 Å². The summed E-state index contributed by atoms with van der Waals surface area (Å²) in [4.78, 5) is 51.2. The molecular formula is C17H22N6O3. The number of nitrogens with zero attached hydrogens (tertiary/aromatic N) is 5. The average Bonchev–Trinajstić information content (AvgIpc) is 2.64. The van der Waals surface area contributed by atoms with Gasteiger partial charge in [0, 0.05) is 51.2 Å². The molecule has 26 heavy (non-hydrogen) atoms. The summed E-state index contributed by atoms with van der Waals surface area (Å²) in [7, 11) is 1.39. The summed E-state index contributed by atoms with van der Waals surface area (Å²) in [6, 6.07) is 0. The van der Waals surface area contributed by atoms with Gasteiger partial charge in [0.1, 0.15) is 5.82 Å². The molecule has 2 aromatic heterocycles. The van der Waals surface area contributed by atoms with Crippen LogP contribution in [0.15, 0.2) is 22.0 Å². The number of nitrogens with one attached hydrogen (secondary N) is 1. The monoisotopic (exact) mass is 358 g/mol. The van der Waals surface area contributed by atoms with Gasteiger partial charge >= 0.3 is 5.69 Å². The summed E-state index contributed by atoms with van der Waals surface area (Å²) in [6.07, 6.45) is 3.04. The molecule has 3 heterocycles. The lowest BCUT2D eigenvalue weighted by atomic mass is 10.2. The molecule has 2 aromatic rings. The number of anilines is 1. The van der Waals surface area contributed by atoms with Gasteiger partial charge in [-0.05, 0) is 13.8 Å². The molecule has 1 aliphatic heterocycles. The summed E-state index contributed by atoms with van der Waals surface area (Å²) in [5, 5.41) is 0. The van der Waals surface area contributed by atoms with Crippen molar-refractivity contribution >= 4 is 11.7 Å². The van der Waals surface area contributed by atoms with E-state index < -0.39 is 11.2 Å². The SMILES string of the molecule is Cc1cnc(C)c(N2CCN(C(=O)Cc3c[nH]c(=O)n(C)c3=O)CC2)n1. The normalized spacial score (nSPS) is 14.6. The molecule has 1 N–H and O–H groups in total. The lowest BCUT2D eigenvalue weighted by Crippen LogP contribution is -2.50. The van der Waals surface area contributed by atoms with Crippen molar-refractivity contribution < 1.29 is 4.79 Å². The lowest BCUT2D eigenvalue weighted by molar-refractivity contribution is -0.130. The number of carbonyl (C=O) groups is 1. The predicted molar refractivity (Wildman–Crippen MR) is 96.3 cm³/mol. The highest BCUT2D eigenvalue weighted by Gasteiger charge is 2.24. The van der Waals surface area contributed by atoms with E-state index in [1.165, 1.54) is 13.2 Å². The number of aromatic amines is 1. The molecule has 0 aliphatic carbocycles. The zero-order valence-corrected chi connectivity index (χ0v) is 15.2. The molecule has 1 amide bonds. The van der Waals surface area contributed by atoms with Crippen LogP contribution in [0.4, 0.5) is 5.82 Å². The molecular weight excluding hydrogens is 336 g/mol. The van der Waals surface area contributed by atoms with E-state index in [-0.39, 0.29) is 12.3 Å². The van der Waals surface area contributed by atoms with Crippen LogP contribution >= 0.6 is 0 Å². The third-order valence-corrected chi connectivity index (χ3v) is 4.58. The van der Waals surface area contributed by atoms with E-state index in [4.69, 9.17) is 0 Å². The smallest absolute Gasteiger partial charge is 0.328 e. The second-order valence-electron chi connectivity index (χ2n) is 6.45. The quantitative estimate of drug-likeness (QED) is 0.784. The molecule has 1 saturated heterocycles. The Kier molecular flexibility index (Phi) is 4.88. The number of piperazine rings is 1. The molecule has 3 rings (SSSR count). The number of aryl methyl sites for hydroxylation is 2. The maximum atomic E-state index is 12.5. The van der Waals surface area contributed by atoms with Crippen LogP contribution in [0.25, 0.3) is 0 Å². The maximum Gasteiger partial charge on any atom is 0.328 e. The van der Waals surface area contributed by atoms with Crippen molar-refractivity contribution in [2.75, 3.05) is 31.1 Å². The highest BCUT2D eigenvalue weighted by Crippen LogP contribution is 2.17. The van der Waals surface area contributed by atoms with Crippen molar-refractivity contribution in [3.05, 3.63) is 50.2 Å². The van der Waals surface area contributed by atoms with Crippen LogP contribution in [0.5, 0.6) is 0 Å². The van der Waals surface area contributed by atoms with Crippen molar-refractivity contribution in [3.63, 3.8) is 0 Å². The fraction of sp³-hybridized carbons (Fsp3) is 0.471. The van der Waals surface area contributed by atoms with E-state index in [0.29, 0.717) is 31.7 Å². The second kappa shape index (κ2) is 7.11. The molecule has 9 nitrogen and oxygen atoms in total. The van der Waals surface area contributed by atoms with Crippen molar-refractivity contribution in [3.8, 4) is 0 Å². The van der Waals surface area contributed by atoms with E-state index >= 15 is 0 Å². The fourth-order valence-electron chi connectivity index (χ4n) is 3.01. The maximum absolute atomic E-state index is 12.5. The summed E-state index contributed by atoms with van der Waals surface area (Å²) < 4.78 is 0.972. The Morgan fingerprint density at radius 2 is 1.88 bits per heavy atom. The van der Waals surface area contributed by atoms with Crippen molar-refractivity contribution in [2.45, 2.75) is 20.3 Å². The van der Waals surface area contributed by atoms with Crippen LogP contribution < -0.4 is 16.1 Å². The summed E-state index contributed by atoms with van der Waals surface area (Å²) in [5.41, 5.74) is 1.09. The molecule has 0 radical (unpaired) electrons. The Hall–Kier alpha value is -2.97. The number of hydrogen-bond acceptors (Lipinski definition) is 6. The molecule has 0 bridgehead atoms. The Labute approximate surface area is 150 Å². The predicted octanol–water partition coefficient (Wildman–Crippen LogP) is -0.628. The standard InChI is InChI=1S/C17H22N6O3/c1-11-9-18-12(2)15(20-11)23-6-4-22(5-7-23)14(24)8-13-10-19-17(26)21(3)16(13)25/h9-10H,4-8H2,1-3H3,(H,19,26). The third kappa shape index (κ3) is 3.51. The van der Waals surface area contributed by atoms with Gasteiger partial charge in [0.2, 0.25) is 5.91 Å². The average molecular weight is 358 g/mol. The summed E-state index contributed by atoms with van der Waals surface area (Å²) in [6.45, 7) is 6.25. The van der Waals surface area contributed by atoms with Gasteiger partial charge in [-0.25, -0.2) is 9.78 Å². The van der Waals surface area contributed by atoms with Gasteiger partial charge in [-0.1, -0.05) is 0 Å². The largest absolute Gasteiger partial charge is 0.352 e. The van der Waals surface area contributed by atoms with Crippen LogP contribution in [-0.4, -0.2) is 56.5 Å². The first-order chi connectivity index (χ1) is 12.4. The topological polar surface area (TPSA) is 104 Å². The Balaban J connectivity index is 1.66. The van der Waals surface area contributed by atoms with Gasteiger partial charge in [-0.2, -0.15) is 0 Å². The fourth-order valence-corrected chi connectivity index (χ4v) is 3.01. The molecule has 0 aromatic carbocycles. The van der Waals surface area contributed by atoms with Gasteiger partial charge in [0.25, 0.3) is 5.56 Å². The molecule has 0 saturated carbocycles. The lowest BCUT2D eigenvalue weighted by Gasteiger charge is -2.36. The highest BCUT2D eigenvalue weighted by atomic mass is 16.2. The van der Waals surface area contributed by atoms with Crippen LogP contribution in [0.1, 0.15) is 17.0 Å². The number of amides is 1. The third-order valence-electron chi connectivity index (χ3n) is 4.58. The van der Waals surface area contributed by atoms with Gasteiger partial charge < -0.3 is 14.8 Å². The van der Waals surface area contributed by atoms with Crippen molar-refractivity contribution in [1.82, 2.24) is 24.4 Å². The van der Waals surface area contributed by atoms with Gasteiger partial charge in [0.15, 0.2) is 0 Å². The van der Waals surface area contributed by atoms with Crippen molar-refractivity contribution in [1.29, 1.82) is 0 Å². The molecule has 0 unspecified atom stereocenters. The van der Waals surface area contributed by atoms with Crippen LogP contribution in [-0.2, 0) is 18.3 Å². The molecule has 1 fully saturated rings. The van der Waals surface area contributed by atoms with Crippen molar-refractivity contribution in [2.24, 2.45) is 7.05 Å². The number of hydrogen-bond donors (Lipinski definition) is 1. The zero-order valence-electron chi connectivity index (χ0n) is 15.2. The summed E-state index contributed by atoms with van der Waals surface area (Å²) in [5.74, 6) is 0.729. The zero-order chi connectivity index (χ0) is 18.8. The highest BCUT2D eigenvalue weighted by molar-refractivity contribution is 5.78. The first kappa shape index (κ1) is 17.8. The molecule has 0 spiro atoms. The second-order valence-corrected chi connectivity index (χ2v) is 6.45. The summed E-state index contributed by atoms with van der Waals surface area (Å²) >= 11 is 0. The first-order valence-corrected chi connectivity index (χ1v) is 8.47. The van der Waals surface area contributed by atoms with Crippen LogP contribution in [0.2, 0.25) is 0 Å². The molecule has 9 heteroatoms. The van der Waals surface area contributed by atoms with Gasteiger partial charge in [0.05, 0.1) is 17.8 Å². The van der Waals surface area contributed by atoms with E-state index in [0.717, 1.165) is 21.8 Å². The van der Waals surface area contributed by atoms with Crippen LogP contribution in [0, 0.1) is 13.8 Å². The van der Waals surface area contributed by atoms with E-state index in [2.05, 4.69) is 19.9 Å². The molecule has 1 aliphatic rings. The van der Waals surface area contributed by atoms with E-state index in [1.807, 2.05) is 13.8 Å². The number of aromatic nitrogens is 4. The minimum atomic E-state index is -0.491. The van der Waals surface area contributed by atoms with Gasteiger partial charge in [-0.3, -0.25) is 19.1 Å². The first-order valence-electron chi connectivity index (χ1n) is 8.47. The number of H-pyrrole nitrogens is 1. The molecule has 0 atom stereocenters. The van der Waals surface area contributed by atoms with E-state index in [1.54, 1.807) is 11.1 Å². The number of carbonyl (C=O) groups excluding carboxylic acids is 1. The van der Waals surface area contributed by atoms with E-state index in [9.17, 15) is 14.4 Å². The Morgan fingerprint density at radius 1 is 1.19 bits per heavy atom. The minimum absolute atomic E-state index is 0.0211. The van der Waals surface area contributed by atoms with Gasteiger partial charge in [-0.15, -0.1) is 0 Å². The molecule has 138 valence electrons. The number of rotatable bonds is 3. The minimum Gasteiger partial charge on any atom is -0.352 e.